The van der Waals surface area contributed by atoms with E-state index in [4.69, 9.17) is 11.5 Å². The zero-order valence-corrected chi connectivity index (χ0v) is 8.92. The van der Waals surface area contributed by atoms with E-state index < -0.39 is 5.91 Å². The standard InChI is InChI=1S/C11H11N5O/c12-9-2-1-7(11(13)17)3-10(9)16-8-4-14-6-15-5-8/h1-6,16H,12H2,(H2,13,17). The number of nitrogens with two attached hydrogens (primary N) is 2. The van der Waals surface area contributed by atoms with Gasteiger partial charge in [0, 0.05) is 5.56 Å². The number of benzene rings is 1. The Morgan fingerprint density at radius 3 is 2.59 bits per heavy atom. The minimum Gasteiger partial charge on any atom is -0.397 e. The van der Waals surface area contributed by atoms with Gasteiger partial charge in [-0.2, -0.15) is 0 Å². The first kappa shape index (κ1) is 10.9. The quantitative estimate of drug-likeness (QED) is 0.678. The summed E-state index contributed by atoms with van der Waals surface area (Å²) in [5.41, 5.74) is 13.2. The Hall–Kier alpha value is -2.63. The molecule has 1 aromatic heterocycles. The van der Waals surface area contributed by atoms with Crippen LogP contribution in [0.15, 0.2) is 36.9 Å². The number of nitrogen functional groups attached to an aromatic ring is 1. The molecule has 0 fully saturated rings. The summed E-state index contributed by atoms with van der Waals surface area (Å²) in [4.78, 5) is 18.8. The number of rotatable bonds is 3. The van der Waals surface area contributed by atoms with Gasteiger partial charge in [0.1, 0.15) is 6.33 Å². The van der Waals surface area contributed by atoms with E-state index >= 15 is 0 Å². The average Bonchev–Trinajstić information content (AvgIpc) is 2.33. The molecule has 2 rings (SSSR count). The summed E-state index contributed by atoms with van der Waals surface area (Å²) in [7, 11) is 0. The van der Waals surface area contributed by atoms with Crippen molar-refractivity contribution in [3.05, 3.63) is 42.5 Å². The van der Waals surface area contributed by atoms with Gasteiger partial charge in [-0.25, -0.2) is 9.97 Å². The lowest BCUT2D eigenvalue weighted by molar-refractivity contribution is 0.100. The predicted octanol–water partition coefficient (Wildman–Crippen LogP) is 0.901. The number of nitrogens with one attached hydrogen (secondary N) is 1. The molecule has 1 aromatic carbocycles. The molecule has 5 N–H and O–H groups in total. The number of carbonyl (C=O) groups is 1. The van der Waals surface area contributed by atoms with Crippen molar-refractivity contribution in [1.29, 1.82) is 0 Å². The van der Waals surface area contributed by atoms with Gasteiger partial charge >= 0.3 is 0 Å². The largest absolute Gasteiger partial charge is 0.397 e. The number of carbonyl (C=O) groups excluding carboxylic acids is 1. The van der Waals surface area contributed by atoms with Crippen molar-refractivity contribution in [3.8, 4) is 0 Å². The van der Waals surface area contributed by atoms with E-state index in [0.717, 1.165) is 0 Å². The zero-order chi connectivity index (χ0) is 12.3. The Kier molecular flexibility index (Phi) is 2.87. The van der Waals surface area contributed by atoms with Crippen molar-refractivity contribution < 1.29 is 4.79 Å². The molecule has 0 aliphatic rings. The highest BCUT2D eigenvalue weighted by Crippen LogP contribution is 2.23. The van der Waals surface area contributed by atoms with Crippen LogP contribution in [0.4, 0.5) is 17.1 Å². The molecule has 6 heteroatoms. The van der Waals surface area contributed by atoms with E-state index in [2.05, 4.69) is 15.3 Å². The normalized spacial score (nSPS) is 9.88. The van der Waals surface area contributed by atoms with Gasteiger partial charge in [0.05, 0.1) is 29.5 Å². The molecule has 0 saturated carbocycles. The Balaban J connectivity index is 2.32. The number of amides is 1. The van der Waals surface area contributed by atoms with E-state index in [1.807, 2.05) is 0 Å². The highest BCUT2D eigenvalue weighted by Gasteiger charge is 2.05. The highest BCUT2D eigenvalue weighted by atomic mass is 16.1. The summed E-state index contributed by atoms with van der Waals surface area (Å²) in [5, 5.41) is 3.01. The molecule has 0 spiro atoms. The Bertz CT molecular complexity index is 541. The third-order valence-electron chi connectivity index (χ3n) is 2.18. The average molecular weight is 229 g/mol. The topological polar surface area (TPSA) is 107 Å². The molecule has 17 heavy (non-hydrogen) atoms. The second kappa shape index (κ2) is 4.48. The summed E-state index contributed by atoms with van der Waals surface area (Å²) in [6.07, 6.45) is 4.63. The number of hydrogen-bond acceptors (Lipinski definition) is 5. The molecule has 0 aliphatic carbocycles. The third kappa shape index (κ3) is 2.49. The van der Waals surface area contributed by atoms with Gasteiger partial charge < -0.3 is 16.8 Å². The molecule has 0 saturated heterocycles. The van der Waals surface area contributed by atoms with Crippen LogP contribution < -0.4 is 16.8 Å². The van der Waals surface area contributed by atoms with Crippen LogP contribution in [-0.4, -0.2) is 15.9 Å². The van der Waals surface area contributed by atoms with Crippen LogP contribution in [0.3, 0.4) is 0 Å². The third-order valence-corrected chi connectivity index (χ3v) is 2.18. The summed E-state index contributed by atoms with van der Waals surface area (Å²) in [6, 6.07) is 4.78. The highest BCUT2D eigenvalue weighted by molar-refractivity contribution is 5.95. The van der Waals surface area contributed by atoms with Crippen LogP contribution in [0.5, 0.6) is 0 Å². The molecule has 1 amide bonds. The van der Waals surface area contributed by atoms with Crippen LogP contribution in [0.1, 0.15) is 10.4 Å². The zero-order valence-electron chi connectivity index (χ0n) is 8.92. The van der Waals surface area contributed by atoms with Gasteiger partial charge in [-0.3, -0.25) is 4.79 Å². The van der Waals surface area contributed by atoms with E-state index in [1.54, 1.807) is 30.6 Å². The molecule has 1 heterocycles. The lowest BCUT2D eigenvalue weighted by Gasteiger charge is -2.09. The van der Waals surface area contributed by atoms with Crippen LogP contribution in [0, 0.1) is 0 Å². The van der Waals surface area contributed by atoms with Crippen molar-refractivity contribution in [1.82, 2.24) is 9.97 Å². The van der Waals surface area contributed by atoms with Crippen LogP contribution in [-0.2, 0) is 0 Å². The molecule has 6 nitrogen and oxygen atoms in total. The van der Waals surface area contributed by atoms with E-state index in [1.165, 1.54) is 6.33 Å². The Morgan fingerprint density at radius 2 is 1.94 bits per heavy atom. The number of nitrogens with zero attached hydrogens (tertiary/aromatic N) is 2. The molecule has 0 radical (unpaired) electrons. The van der Waals surface area contributed by atoms with Crippen molar-refractivity contribution in [3.63, 3.8) is 0 Å². The lowest BCUT2D eigenvalue weighted by Crippen LogP contribution is -2.11. The van der Waals surface area contributed by atoms with Crippen LogP contribution in [0.2, 0.25) is 0 Å². The Morgan fingerprint density at radius 1 is 1.24 bits per heavy atom. The molecule has 0 atom stereocenters. The van der Waals surface area contributed by atoms with Gasteiger partial charge in [-0.15, -0.1) is 0 Å². The maximum absolute atomic E-state index is 11.0. The SMILES string of the molecule is NC(=O)c1ccc(N)c(Nc2cncnc2)c1. The van der Waals surface area contributed by atoms with E-state index in [9.17, 15) is 4.79 Å². The molecule has 0 aliphatic heterocycles. The summed E-state index contributed by atoms with van der Waals surface area (Å²) in [6.45, 7) is 0. The second-order valence-corrected chi connectivity index (χ2v) is 3.42. The molecule has 86 valence electrons. The number of primary amides is 1. The van der Waals surface area contributed by atoms with Gasteiger partial charge in [0.25, 0.3) is 0 Å². The maximum Gasteiger partial charge on any atom is 0.248 e. The minimum atomic E-state index is -0.502. The molecular formula is C11H11N5O. The monoisotopic (exact) mass is 229 g/mol. The molecule has 0 unspecified atom stereocenters. The maximum atomic E-state index is 11.0. The van der Waals surface area contributed by atoms with Crippen molar-refractivity contribution >= 4 is 23.0 Å². The first-order valence-corrected chi connectivity index (χ1v) is 4.88. The second-order valence-electron chi connectivity index (χ2n) is 3.42. The summed E-state index contributed by atoms with van der Waals surface area (Å²) in [5.74, 6) is -0.502. The fraction of sp³-hybridized carbons (Fsp3) is 0. The predicted molar refractivity (Wildman–Crippen MR) is 64.7 cm³/mol. The van der Waals surface area contributed by atoms with Crippen molar-refractivity contribution in [2.75, 3.05) is 11.1 Å². The first-order valence-electron chi connectivity index (χ1n) is 4.88. The van der Waals surface area contributed by atoms with Gasteiger partial charge in [-0.1, -0.05) is 0 Å². The lowest BCUT2D eigenvalue weighted by atomic mass is 10.1. The van der Waals surface area contributed by atoms with E-state index in [-0.39, 0.29) is 0 Å². The number of hydrogen-bond donors (Lipinski definition) is 3. The van der Waals surface area contributed by atoms with E-state index in [0.29, 0.717) is 22.6 Å². The van der Waals surface area contributed by atoms with Crippen LogP contribution >= 0.6 is 0 Å². The van der Waals surface area contributed by atoms with Gasteiger partial charge in [-0.05, 0) is 18.2 Å². The smallest absolute Gasteiger partial charge is 0.248 e. The van der Waals surface area contributed by atoms with Crippen LogP contribution in [0.25, 0.3) is 0 Å². The molecular weight excluding hydrogens is 218 g/mol. The van der Waals surface area contributed by atoms with Crippen molar-refractivity contribution in [2.24, 2.45) is 5.73 Å². The van der Waals surface area contributed by atoms with Gasteiger partial charge in [0.15, 0.2) is 0 Å². The number of anilines is 3. The summed E-state index contributed by atoms with van der Waals surface area (Å²) < 4.78 is 0. The fourth-order valence-electron chi connectivity index (χ4n) is 1.34. The summed E-state index contributed by atoms with van der Waals surface area (Å²) >= 11 is 0. The fourth-order valence-corrected chi connectivity index (χ4v) is 1.34. The molecule has 2 aromatic rings. The minimum absolute atomic E-state index is 0.388. The van der Waals surface area contributed by atoms with Gasteiger partial charge in [0.2, 0.25) is 5.91 Å². The van der Waals surface area contributed by atoms with Crippen molar-refractivity contribution in [2.45, 2.75) is 0 Å². The number of aromatic nitrogens is 2. The molecule has 0 bridgehead atoms. The first-order chi connectivity index (χ1) is 8.16. The Labute approximate surface area is 97.7 Å².